The summed E-state index contributed by atoms with van der Waals surface area (Å²) in [5.41, 5.74) is 7.02. The summed E-state index contributed by atoms with van der Waals surface area (Å²) in [6.45, 7) is 7.92. The van der Waals surface area contributed by atoms with Gasteiger partial charge in [0.15, 0.2) is 0 Å². The summed E-state index contributed by atoms with van der Waals surface area (Å²) >= 11 is 0. The largest absolute Gasteiger partial charge is 1.00 e. The molecule has 1 aliphatic rings. The van der Waals surface area contributed by atoms with E-state index in [0.29, 0.717) is 23.7 Å². The van der Waals surface area contributed by atoms with Gasteiger partial charge in [0.2, 0.25) is 5.91 Å². The molecule has 136 valence electrons. The van der Waals surface area contributed by atoms with Crippen molar-refractivity contribution in [1.82, 2.24) is 4.90 Å². The minimum atomic E-state index is -0.129. The van der Waals surface area contributed by atoms with E-state index in [1.807, 2.05) is 6.07 Å². The molecule has 1 heterocycles. The molecule has 24 heavy (non-hydrogen) atoms. The molecular weight excluding hydrogens is 328 g/mol. The lowest BCUT2D eigenvalue weighted by molar-refractivity contribution is -0.913. The zero-order valence-electron chi connectivity index (χ0n) is 14.8. The Balaban J connectivity index is 0.00000288. The number of carbonyl (C=O) groups is 1. The first kappa shape index (κ1) is 20.5. The summed E-state index contributed by atoms with van der Waals surface area (Å²) in [6, 6.07) is 5.33. The molecule has 0 radical (unpaired) electrons. The predicted octanol–water partition coefficient (Wildman–Crippen LogP) is -1.61. The Morgan fingerprint density at radius 3 is 2.67 bits per heavy atom. The van der Waals surface area contributed by atoms with Crippen LogP contribution >= 0.6 is 0 Å². The van der Waals surface area contributed by atoms with Crippen molar-refractivity contribution < 1.29 is 26.4 Å². The molecule has 0 aliphatic carbocycles. The van der Waals surface area contributed by atoms with Crippen molar-refractivity contribution in [2.45, 2.75) is 13.3 Å². The van der Waals surface area contributed by atoms with Crippen LogP contribution in [0.3, 0.4) is 0 Å². The summed E-state index contributed by atoms with van der Waals surface area (Å²) in [5.74, 6) is 0.548. The van der Waals surface area contributed by atoms with Gasteiger partial charge >= 0.3 is 0 Å². The molecule has 0 unspecified atom stereocenters. The first-order valence-electron chi connectivity index (χ1n) is 8.20. The molecular formula is C17H29ClN4O2. The molecule has 6 nitrogen and oxygen atoms in total. The number of ether oxygens (including phenoxy) is 1. The number of benzene rings is 1. The number of anilines is 2. The predicted molar refractivity (Wildman–Crippen MR) is 93.6 cm³/mol. The highest BCUT2D eigenvalue weighted by Crippen LogP contribution is 2.27. The Bertz CT molecular complexity index is 545. The monoisotopic (exact) mass is 356 g/mol. The first-order valence-corrected chi connectivity index (χ1v) is 8.20. The number of quaternary nitrogens is 1. The van der Waals surface area contributed by atoms with Crippen molar-refractivity contribution in [3.8, 4) is 5.75 Å². The Morgan fingerprint density at radius 1 is 1.38 bits per heavy atom. The van der Waals surface area contributed by atoms with E-state index < -0.39 is 0 Å². The van der Waals surface area contributed by atoms with E-state index in [-0.39, 0.29) is 18.3 Å². The Hall–Kier alpha value is -1.50. The van der Waals surface area contributed by atoms with Gasteiger partial charge in [-0.15, -0.1) is 0 Å². The van der Waals surface area contributed by atoms with Crippen LogP contribution in [0.25, 0.3) is 0 Å². The Labute approximate surface area is 150 Å². The van der Waals surface area contributed by atoms with Crippen LogP contribution in [0, 0.1) is 0 Å². The smallest absolute Gasteiger partial charge is 0.221 e. The van der Waals surface area contributed by atoms with Crippen LogP contribution in [-0.4, -0.2) is 68.7 Å². The number of likely N-dealkylation sites (N-methyl/N-ethyl adjacent to an activating group) is 2. The molecule has 0 spiro atoms. The molecule has 1 aliphatic heterocycles. The molecule has 1 fully saturated rings. The topological polar surface area (TPSA) is 67.6 Å². The van der Waals surface area contributed by atoms with Crippen LogP contribution in [0.4, 0.5) is 11.4 Å². The molecule has 3 N–H and O–H groups in total. The summed E-state index contributed by atoms with van der Waals surface area (Å²) in [4.78, 5) is 13.6. The average molecular weight is 357 g/mol. The number of amides is 1. The van der Waals surface area contributed by atoms with Gasteiger partial charge in [0.25, 0.3) is 0 Å². The van der Waals surface area contributed by atoms with Crippen LogP contribution in [0.15, 0.2) is 18.2 Å². The molecule has 2 rings (SSSR count). The van der Waals surface area contributed by atoms with E-state index in [0.717, 1.165) is 30.5 Å². The minimum Gasteiger partial charge on any atom is -1.00 e. The van der Waals surface area contributed by atoms with Gasteiger partial charge in [-0.05, 0) is 25.2 Å². The number of piperazine rings is 1. The number of nitrogen functional groups attached to an aromatic ring is 1. The van der Waals surface area contributed by atoms with Crippen LogP contribution in [-0.2, 0) is 4.79 Å². The molecule has 1 saturated heterocycles. The number of carbonyl (C=O) groups excluding carboxylic acids is 1. The van der Waals surface area contributed by atoms with Crippen molar-refractivity contribution in [3.05, 3.63) is 18.2 Å². The second-order valence-electron chi connectivity index (χ2n) is 6.73. The van der Waals surface area contributed by atoms with Crippen molar-refractivity contribution in [3.63, 3.8) is 0 Å². The van der Waals surface area contributed by atoms with E-state index in [1.54, 1.807) is 12.1 Å². The summed E-state index contributed by atoms with van der Waals surface area (Å²) < 4.78 is 6.96. The van der Waals surface area contributed by atoms with Gasteiger partial charge in [-0.2, -0.15) is 0 Å². The zero-order valence-corrected chi connectivity index (χ0v) is 15.6. The zero-order chi connectivity index (χ0) is 16.9. The van der Waals surface area contributed by atoms with Gasteiger partial charge in [-0.25, -0.2) is 0 Å². The SMILES string of the molecule is CC(=O)Nc1cc(N)ccc1OCCC[N+]1(C)CCN(C)CC1.[Cl-]. The molecule has 0 atom stereocenters. The molecule has 0 saturated carbocycles. The van der Waals surface area contributed by atoms with E-state index in [2.05, 4.69) is 24.3 Å². The minimum absolute atomic E-state index is 0. The van der Waals surface area contributed by atoms with Crippen molar-refractivity contribution in [2.24, 2.45) is 0 Å². The number of nitrogens with two attached hydrogens (primary N) is 1. The van der Waals surface area contributed by atoms with Gasteiger partial charge in [0, 0.05) is 32.1 Å². The maximum Gasteiger partial charge on any atom is 0.221 e. The van der Waals surface area contributed by atoms with Gasteiger partial charge in [0.05, 0.1) is 39.0 Å². The molecule has 1 aromatic carbocycles. The maximum atomic E-state index is 11.3. The quantitative estimate of drug-likeness (QED) is 0.366. The Kier molecular flexibility index (Phi) is 7.79. The lowest BCUT2D eigenvalue weighted by Crippen LogP contribution is -3.00. The Morgan fingerprint density at radius 2 is 2.04 bits per heavy atom. The highest BCUT2D eigenvalue weighted by atomic mass is 35.5. The lowest BCUT2D eigenvalue weighted by Gasteiger charge is -2.41. The number of hydrogen-bond donors (Lipinski definition) is 2. The highest BCUT2D eigenvalue weighted by molar-refractivity contribution is 5.91. The van der Waals surface area contributed by atoms with Crippen molar-refractivity contribution in [2.75, 3.05) is 64.5 Å². The number of rotatable bonds is 6. The van der Waals surface area contributed by atoms with Crippen LogP contribution in [0.1, 0.15) is 13.3 Å². The third-order valence-corrected chi connectivity index (χ3v) is 4.46. The average Bonchev–Trinajstić information content (AvgIpc) is 2.48. The summed E-state index contributed by atoms with van der Waals surface area (Å²) in [6.07, 6.45) is 0.990. The molecule has 1 amide bonds. The van der Waals surface area contributed by atoms with Crippen LogP contribution in [0.5, 0.6) is 5.75 Å². The fraction of sp³-hybridized carbons (Fsp3) is 0.588. The third kappa shape index (κ3) is 6.19. The highest BCUT2D eigenvalue weighted by Gasteiger charge is 2.26. The lowest BCUT2D eigenvalue weighted by atomic mass is 10.2. The van der Waals surface area contributed by atoms with E-state index in [4.69, 9.17) is 10.5 Å². The van der Waals surface area contributed by atoms with Gasteiger partial charge in [-0.1, -0.05) is 0 Å². The second-order valence-corrected chi connectivity index (χ2v) is 6.73. The van der Waals surface area contributed by atoms with Gasteiger partial charge in [0.1, 0.15) is 5.75 Å². The van der Waals surface area contributed by atoms with E-state index in [9.17, 15) is 4.79 Å². The number of halogens is 1. The van der Waals surface area contributed by atoms with Crippen LogP contribution in [0.2, 0.25) is 0 Å². The molecule has 0 bridgehead atoms. The standard InChI is InChI=1S/C17H28N4O2.ClH/c1-14(22)19-16-13-15(18)5-6-17(16)23-12-4-9-21(3)10-7-20(2)8-11-21;/h5-6,13H,4,7-12,18H2,1-3H3;1H. The fourth-order valence-corrected chi connectivity index (χ4v) is 2.86. The number of nitrogens with zero attached hydrogens (tertiary/aromatic N) is 2. The summed E-state index contributed by atoms with van der Waals surface area (Å²) in [5, 5.41) is 2.76. The third-order valence-electron chi connectivity index (χ3n) is 4.46. The van der Waals surface area contributed by atoms with E-state index >= 15 is 0 Å². The number of hydrogen-bond acceptors (Lipinski definition) is 4. The van der Waals surface area contributed by atoms with Crippen LogP contribution < -0.4 is 28.2 Å². The maximum absolute atomic E-state index is 11.3. The molecule has 0 aromatic heterocycles. The van der Waals surface area contributed by atoms with Gasteiger partial charge in [-0.3, -0.25) is 9.69 Å². The number of nitrogens with one attached hydrogen (secondary N) is 1. The first-order chi connectivity index (χ1) is 10.9. The van der Waals surface area contributed by atoms with Gasteiger partial charge < -0.3 is 32.7 Å². The van der Waals surface area contributed by atoms with Crippen molar-refractivity contribution in [1.29, 1.82) is 0 Å². The molecule has 1 aromatic rings. The normalized spacial score (nSPS) is 17.0. The van der Waals surface area contributed by atoms with Crippen molar-refractivity contribution >= 4 is 17.3 Å². The van der Waals surface area contributed by atoms with E-state index in [1.165, 1.54) is 20.0 Å². The summed E-state index contributed by atoms with van der Waals surface area (Å²) in [7, 11) is 4.50. The fourth-order valence-electron chi connectivity index (χ4n) is 2.86. The second kappa shape index (κ2) is 9.11. The molecule has 7 heteroatoms.